The first kappa shape index (κ1) is 12.4. The van der Waals surface area contributed by atoms with Gasteiger partial charge in [0.2, 0.25) is 0 Å². The minimum absolute atomic E-state index is 0.873. The zero-order chi connectivity index (χ0) is 12.3. The van der Waals surface area contributed by atoms with Gasteiger partial charge in [-0.25, -0.2) is 0 Å². The van der Waals surface area contributed by atoms with Crippen molar-refractivity contribution in [2.75, 3.05) is 13.7 Å². The minimum Gasteiger partial charge on any atom is -0.493 e. The van der Waals surface area contributed by atoms with Gasteiger partial charge in [0.15, 0.2) is 0 Å². The third-order valence-electron chi connectivity index (χ3n) is 3.37. The third kappa shape index (κ3) is 3.47. The molecule has 2 heteroatoms. The maximum Gasteiger partial charge on any atom is 0.125 e. The molecule has 1 aromatic rings. The maximum absolute atomic E-state index is 5.93. The first-order chi connectivity index (χ1) is 8.20. The van der Waals surface area contributed by atoms with Gasteiger partial charge in [0.1, 0.15) is 5.75 Å². The molecule has 1 fully saturated rings. The Labute approximate surface area is 104 Å². The molecule has 17 heavy (non-hydrogen) atoms. The van der Waals surface area contributed by atoms with Crippen molar-refractivity contribution in [2.24, 2.45) is 5.92 Å². The molecule has 0 amide bonds. The summed E-state index contributed by atoms with van der Waals surface area (Å²) in [5.74, 6) is 2.03. The fourth-order valence-corrected chi connectivity index (χ4v) is 2.31. The molecule has 0 unspecified atom stereocenters. The Morgan fingerprint density at radius 2 is 1.88 bits per heavy atom. The molecule has 2 rings (SSSR count). The van der Waals surface area contributed by atoms with Crippen LogP contribution in [0.2, 0.25) is 0 Å². The van der Waals surface area contributed by atoms with Crippen LogP contribution in [0.1, 0.15) is 36.0 Å². The Balaban J connectivity index is 1.99. The lowest BCUT2D eigenvalue weighted by molar-refractivity contribution is 0.298. The molecule has 1 saturated carbocycles. The second-order valence-corrected chi connectivity index (χ2v) is 5.17. The topological polar surface area (TPSA) is 21.3 Å². The highest BCUT2D eigenvalue weighted by Gasteiger charge is 2.21. The molecule has 0 radical (unpaired) electrons. The fourth-order valence-electron chi connectivity index (χ4n) is 2.31. The lowest BCUT2D eigenvalue weighted by atomic mass is 10.1. The van der Waals surface area contributed by atoms with Crippen LogP contribution < -0.4 is 10.1 Å². The molecule has 1 aliphatic carbocycles. The molecular formula is C15H23NO. The Bertz CT molecular complexity index is 360. The van der Waals surface area contributed by atoms with Crippen molar-refractivity contribution in [1.29, 1.82) is 0 Å². The van der Waals surface area contributed by atoms with Crippen molar-refractivity contribution in [1.82, 2.24) is 5.32 Å². The predicted molar refractivity (Wildman–Crippen MR) is 71.5 cm³/mol. The number of ether oxygens (including phenoxy) is 1. The van der Waals surface area contributed by atoms with Crippen LogP contribution in [0.3, 0.4) is 0 Å². The van der Waals surface area contributed by atoms with Crippen LogP contribution in [-0.4, -0.2) is 13.7 Å². The van der Waals surface area contributed by atoms with Crippen molar-refractivity contribution >= 4 is 0 Å². The SMILES string of the molecule is CNCc1cc(C)c(OCCC2CC2)c(C)c1. The summed E-state index contributed by atoms with van der Waals surface area (Å²) < 4.78 is 5.93. The Hall–Kier alpha value is -1.02. The van der Waals surface area contributed by atoms with E-state index in [0.717, 1.165) is 24.8 Å². The maximum atomic E-state index is 5.93. The highest BCUT2D eigenvalue weighted by Crippen LogP contribution is 2.33. The van der Waals surface area contributed by atoms with Gasteiger partial charge in [0.05, 0.1) is 6.61 Å². The van der Waals surface area contributed by atoms with E-state index in [1.807, 2.05) is 7.05 Å². The summed E-state index contributed by atoms with van der Waals surface area (Å²) in [6, 6.07) is 4.44. The largest absolute Gasteiger partial charge is 0.493 e. The van der Waals surface area contributed by atoms with E-state index in [-0.39, 0.29) is 0 Å². The number of rotatable bonds is 6. The van der Waals surface area contributed by atoms with Gasteiger partial charge < -0.3 is 10.1 Å². The molecule has 1 aromatic carbocycles. The number of nitrogens with one attached hydrogen (secondary N) is 1. The molecule has 0 aromatic heterocycles. The summed E-state index contributed by atoms with van der Waals surface area (Å²) in [6.45, 7) is 6.07. The van der Waals surface area contributed by atoms with E-state index in [2.05, 4.69) is 31.3 Å². The molecule has 94 valence electrons. The van der Waals surface area contributed by atoms with Crippen molar-refractivity contribution in [3.63, 3.8) is 0 Å². The highest BCUT2D eigenvalue weighted by atomic mass is 16.5. The number of aryl methyl sites for hydroxylation is 2. The van der Waals surface area contributed by atoms with Crippen LogP contribution in [0.5, 0.6) is 5.75 Å². The van der Waals surface area contributed by atoms with E-state index in [1.54, 1.807) is 0 Å². The monoisotopic (exact) mass is 233 g/mol. The first-order valence-corrected chi connectivity index (χ1v) is 6.58. The normalized spacial score (nSPS) is 15.0. The van der Waals surface area contributed by atoms with E-state index in [4.69, 9.17) is 4.74 Å². The lowest BCUT2D eigenvalue weighted by Gasteiger charge is -2.14. The lowest BCUT2D eigenvalue weighted by Crippen LogP contribution is -2.07. The van der Waals surface area contributed by atoms with Crippen LogP contribution in [0, 0.1) is 19.8 Å². The minimum atomic E-state index is 0.873. The summed E-state index contributed by atoms with van der Waals surface area (Å²) >= 11 is 0. The molecule has 1 aliphatic rings. The van der Waals surface area contributed by atoms with E-state index < -0.39 is 0 Å². The third-order valence-corrected chi connectivity index (χ3v) is 3.37. The summed E-state index contributed by atoms with van der Waals surface area (Å²) in [7, 11) is 1.98. The zero-order valence-corrected chi connectivity index (χ0v) is 11.2. The van der Waals surface area contributed by atoms with Crippen LogP contribution in [0.25, 0.3) is 0 Å². The van der Waals surface area contributed by atoms with Gasteiger partial charge in [0, 0.05) is 6.54 Å². The summed E-state index contributed by atoms with van der Waals surface area (Å²) in [5.41, 5.74) is 3.84. The van der Waals surface area contributed by atoms with Gasteiger partial charge in [0.25, 0.3) is 0 Å². The Morgan fingerprint density at radius 1 is 1.24 bits per heavy atom. The van der Waals surface area contributed by atoms with E-state index in [1.165, 1.54) is 36.0 Å². The molecule has 1 N–H and O–H groups in total. The number of benzene rings is 1. The van der Waals surface area contributed by atoms with Crippen molar-refractivity contribution in [3.05, 3.63) is 28.8 Å². The Kier molecular flexibility index (Phi) is 4.06. The van der Waals surface area contributed by atoms with E-state index >= 15 is 0 Å². The highest BCUT2D eigenvalue weighted by molar-refractivity contribution is 5.43. The number of hydrogen-bond donors (Lipinski definition) is 1. The van der Waals surface area contributed by atoms with Crippen LogP contribution in [-0.2, 0) is 6.54 Å². The van der Waals surface area contributed by atoms with Gasteiger partial charge >= 0.3 is 0 Å². The summed E-state index contributed by atoms with van der Waals surface area (Å²) in [4.78, 5) is 0. The first-order valence-electron chi connectivity index (χ1n) is 6.58. The van der Waals surface area contributed by atoms with Gasteiger partial charge in [-0.15, -0.1) is 0 Å². The van der Waals surface area contributed by atoms with Crippen molar-refractivity contribution < 1.29 is 4.74 Å². The molecule has 2 nitrogen and oxygen atoms in total. The summed E-state index contributed by atoms with van der Waals surface area (Å²) in [6.07, 6.45) is 4.03. The van der Waals surface area contributed by atoms with E-state index in [0.29, 0.717) is 0 Å². The smallest absolute Gasteiger partial charge is 0.125 e. The van der Waals surface area contributed by atoms with Crippen molar-refractivity contribution in [2.45, 2.75) is 39.7 Å². The second-order valence-electron chi connectivity index (χ2n) is 5.17. The molecule has 0 spiro atoms. The van der Waals surface area contributed by atoms with Crippen LogP contribution in [0.15, 0.2) is 12.1 Å². The standard InChI is InChI=1S/C15H23NO/c1-11-8-14(10-16-3)9-12(2)15(11)17-7-6-13-4-5-13/h8-9,13,16H,4-7,10H2,1-3H3. The average molecular weight is 233 g/mol. The van der Waals surface area contributed by atoms with E-state index in [9.17, 15) is 0 Å². The van der Waals surface area contributed by atoms with Gasteiger partial charge in [-0.3, -0.25) is 0 Å². The second kappa shape index (κ2) is 5.54. The molecule has 0 heterocycles. The zero-order valence-electron chi connectivity index (χ0n) is 11.2. The predicted octanol–water partition coefficient (Wildman–Crippen LogP) is 3.20. The number of hydrogen-bond acceptors (Lipinski definition) is 2. The van der Waals surface area contributed by atoms with Gasteiger partial charge in [-0.05, 0) is 49.9 Å². The molecule has 0 aliphatic heterocycles. The van der Waals surface area contributed by atoms with Crippen LogP contribution in [0.4, 0.5) is 0 Å². The molecule has 0 bridgehead atoms. The molecular weight excluding hydrogens is 210 g/mol. The quantitative estimate of drug-likeness (QED) is 0.814. The Morgan fingerprint density at radius 3 is 2.41 bits per heavy atom. The fraction of sp³-hybridized carbons (Fsp3) is 0.600. The van der Waals surface area contributed by atoms with Gasteiger partial charge in [-0.1, -0.05) is 25.0 Å². The molecule has 0 atom stereocenters. The average Bonchev–Trinajstić information content (AvgIpc) is 3.06. The summed E-state index contributed by atoms with van der Waals surface area (Å²) in [5, 5.41) is 3.18. The van der Waals surface area contributed by atoms with Gasteiger partial charge in [-0.2, -0.15) is 0 Å². The van der Waals surface area contributed by atoms with Crippen LogP contribution >= 0.6 is 0 Å². The molecule has 0 saturated heterocycles. The van der Waals surface area contributed by atoms with Crippen molar-refractivity contribution in [3.8, 4) is 5.75 Å².